The zero-order chi connectivity index (χ0) is 10.0. The number of carbonyl (C=O) groups excluding carboxylic acids is 1. The van der Waals surface area contributed by atoms with Gasteiger partial charge in [-0.25, -0.2) is 0 Å². The molecule has 0 unspecified atom stereocenters. The Balaban J connectivity index is 3.15. The summed E-state index contributed by atoms with van der Waals surface area (Å²) in [5.74, 6) is -0.604. The van der Waals surface area contributed by atoms with Crippen molar-refractivity contribution in [3.63, 3.8) is 0 Å². The van der Waals surface area contributed by atoms with Crippen LogP contribution >= 0.6 is 0 Å². The number of ketones is 1. The first kappa shape index (κ1) is 9.11. The van der Waals surface area contributed by atoms with E-state index >= 15 is 0 Å². The maximum absolute atomic E-state index is 11.3. The van der Waals surface area contributed by atoms with Gasteiger partial charge in [-0.3, -0.25) is 4.79 Å². The topological polar surface area (TPSA) is 108 Å². The molecule has 0 fully saturated rings. The molecule has 68 valence electrons. The highest BCUT2D eigenvalue weighted by Gasteiger charge is 2.11. The highest BCUT2D eigenvalue weighted by Crippen LogP contribution is 2.03. The van der Waals surface area contributed by atoms with Gasteiger partial charge in [0.1, 0.15) is 0 Å². The van der Waals surface area contributed by atoms with Crippen molar-refractivity contribution in [2.45, 2.75) is 6.92 Å². The minimum absolute atomic E-state index is 0.0718. The van der Waals surface area contributed by atoms with E-state index in [1.165, 1.54) is 0 Å². The average Bonchev–Trinajstić information content (AvgIpc) is 2.01. The quantitative estimate of drug-likeness (QED) is 0.480. The van der Waals surface area contributed by atoms with E-state index in [4.69, 9.17) is 11.5 Å². The molecule has 0 spiro atoms. The largest absolute Gasteiger partial charge is 0.368 e. The molecule has 0 saturated carbocycles. The summed E-state index contributed by atoms with van der Waals surface area (Å²) in [4.78, 5) is 22.1. The molecule has 4 N–H and O–H groups in total. The smallest absolute Gasteiger partial charge is 0.225 e. The van der Waals surface area contributed by atoms with Crippen molar-refractivity contribution in [2.24, 2.45) is 0 Å². The predicted octanol–water partition coefficient (Wildman–Crippen LogP) is -0.205. The van der Waals surface area contributed by atoms with Gasteiger partial charge < -0.3 is 11.5 Å². The number of anilines is 2. The van der Waals surface area contributed by atoms with Crippen LogP contribution in [-0.2, 0) is 0 Å². The molecule has 0 bridgehead atoms. The lowest BCUT2D eigenvalue weighted by Gasteiger charge is -1.99. The lowest BCUT2D eigenvalue weighted by Crippen LogP contribution is -2.12. The maximum atomic E-state index is 11.3. The second-order valence-electron chi connectivity index (χ2n) is 2.48. The molecule has 6 heteroatoms. The van der Waals surface area contributed by atoms with Gasteiger partial charge in [0.15, 0.2) is 0 Å². The summed E-state index contributed by atoms with van der Waals surface area (Å²) in [6, 6.07) is 0. The second kappa shape index (κ2) is 3.18. The number of allylic oxidation sites excluding steroid dienone is 1. The van der Waals surface area contributed by atoms with Crippen LogP contribution in [0.3, 0.4) is 0 Å². The van der Waals surface area contributed by atoms with Crippen molar-refractivity contribution in [3.8, 4) is 0 Å². The average molecular weight is 179 g/mol. The molecule has 0 radical (unpaired) electrons. The summed E-state index contributed by atoms with van der Waals surface area (Å²) in [7, 11) is 0. The van der Waals surface area contributed by atoms with Crippen molar-refractivity contribution < 1.29 is 4.79 Å². The fourth-order valence-electron chi connectivity index (χ4n) is 0.702. The van der Waals surface area contributed by atoms with Crippen LogP contribution in [0.2, 0.25) is 0 Å². The molecular formula is C7H9N5O. The third-order valence-electron chi connectivity index (χ3n) is 1.26. The van der Waals surface area contributed by atoms with Crippen molar-refractivity contribution in [3.05, 3.63) is 18.0 Å². The van der Waals surface area contributed by atoms with E-state index in [1.54, 1.807) is 6.92 Å². The summed E-state index contributed by atoms with van der Waals surface area (Å²) >= 11 is 0. The van der Waals surface area contributed by atoms with Crippen LogP contribution in [0.15, 0.2) is 12.2 Å². The summed E-state index contributed by atoms with van der Waals surface area (Å²) in [5.41, 5.74) is 10.9. The number of nitrogens with zero attached hydrogens (tertiary/aromatic N) is 3. The zero-order valence-electron chi connectivity index (χ0n) is 7.11. The first-order valence-corrected chi connectivity index (χ1v) is 3.48. The predicted molar refractivity (Wildman–Crippen MR) is 47.8 cm³/mol. The van der Waals surface area contributed by atoms with E-state index in [0.717, 1.165) is 0 Å². The van der Waals surface area contributed by atoms with Crippen LogP contribution in [0.4, 0.5) is 11.9 Å². The lowest BCUT2D eigenvalue weighted by atomic mass is 10.2. The third kappa shape index (κ3) is 1.98. The van der Waals surface area contributed by atoms with Crippen LogP contribution in [0.25, 0.3) is 0 Å². The fraction of sp³-hybridized carbons (Fsp3) is 0.143. The second-order valence-corrected chi connectivity index (χ2v) is 2.48. The summed E-state index contributed by atoms with van der Waals surface area (Å²) in [5, 5.41) is 0. The zero-order valence-corrected chi connectivity index (χ0v) is 7.11. The van der Waals surface area contributed by atoms with Crippen LogP contribution in [-0.4, -0.2) is 20.7 Å². The van der Waals surface area contributed by atoms with Crippen molar-refractivity contribution in [1.29, 1.82) is 0 Å². The van der Waals surface area contributed by atoms with E-state index in [1.807, 2.05) is 0 Å². The maximum Gasteiger partial charge on any atom is 0.225 e. The summed E-state index contributed by atoms with van der Waals surface area (Å²) < 4.78 is 0. The summed E-state index contributed by atoms with van der Waals surface area (Å²) in [6.45, 7) is 5.01. The molecular weight excluding hydrogens is 170 g/mol. The van der Waals surface area contributed by atoms with Gasteiger partial charge in [-0.05, 0) is 12.5 Å². The Bertz CT molecular complexity index is 353. The minimum Gasteiger partial charge on any atom is -0.368 e. The molecule has 0 saturated heterocycles. The number of rotatable bonds is 2. The van der Waals surface area contributed by atoms with Crippen molar-refractivity contribution >= 4 is 17.7 Å². The minimum atomic E-state index is -0.388. The molecule has 0 aromatic carbocycles. The number of hydrogen-bond donors (Lipinski definition) is 2. The molecule has 0 aliphatic carbocycles. The monoisotopic (exact) mass is 179 g/mol. The number of nitrogens with two attached hydrogens (primary N) is 2. The highest BCUT2D eigenvalue weighted by molar-refractivity contribution is 6.05. The molecule has 0 aliphatic rings. The van der Waals surface area contributed by atoms with Crippen molar-refractivity contribution in [2.75, 3.05) is 11.5 Å². The normalized spacial score (nSPS) is 9.62. The van der Waals surface area contributed by atoms with Gasteiger partial charge in [-0.1, -0.05) is 6.58 Å². The Morgan fingerprint density at radius 3 is 2.08 bits per heavy atom. The van der Waals surface area contributed by atoms with Gasteiger partial charge in [0.25, 0.3) is 0 Å². The van der Waals surface area contributed by atoms with Gasteiger partial charge >= 0.3 is 0 Å². The standard InChI is InChI=1S/C7H9N5O/c1-3(2)4(13)5-10-6(8)12-7(9)11-5/h1H2,2H3,(H4,8,9,10,11,12). The molecule has 1 aromatic heterocycles. The molecule has 0 atom stereocenters. The van der Waals surface area contributed by atoms with Crippen molar-refractivity contribution in [1.82, 2.24) is 15.0 Å². The molecule has 1 rings (SSSR count). The SMILES string of the molecule is C=C(C)C(=O)c1nc(N)nc(N)n1. The Hall–Kier alpha value is -1.98. The molecule has 0 amide bonds. The first-order chi connectivity index (χ1) is 6.00. The Morgan fingerprint density at radius 2 is 1.69 bits per heavy atom. The molecule has 13 heavy (non-hydrogen) atoms. The Labute approximate surface area is 74.7 Å². The van der Waals surface area contributed by atoms with Gasteiger partial charge in [0.05, 0.1) is 0 Å². The fourth-order valence-corrected chi connectivity index (χ4v) is 0.702. The third-order valence-corrected chi connectivity index (χ3v) is 1.26. The van der Waals surface area contributed by atoms with Gasteiger partial charge in [-0.15, -0.1) is 0 Å². The van der Waals surface area contributed by atoms with Crippen LogP contribution < -0.4 is 11.5 Å². The number of Topliss-reactive ketones (excluding diaryl/α,β-unsaturated/α-hetero) is 1. The van der Waals surface area contributed by atoms with E-state index in [-0.39, 0.29) is 23.5 Å². The van der Waals surface area contributed by atoms with Gasteiger partial charge in [0.2, 0.25) is 23.5 Å². The number of hydrogen-bond acceptors (Lipinski definition) is 6. The van der Waals surface area contributed by atoms with E-state index < -0.39 is 0 Å². The number of aromatic nitrogens is 3. The van der Waals surface area contributed by atoms with Crippen LogP contribution in [0.1, 0.15) is 17.5 Å². The molecule has 0 aliphatic heterocycles. The highest BCUT2D eigenvalue weighted by atomic mass is 16.1. The first-order valence-electron chi connectivity index (χ1n) is 3.48. The van der Waals surface area contributed by atoms with E-state index in [2.05, 4.69) is 21.5 Å². The van der Waals surface area contributed by atoms with Gasteiger partial charge in [-0.2, -0.15) is 15.0 Å². The Morgan fingerprint density at radius 1 is 1.23 bits per heavy atom. The Kier molecular flexibility index (Phi) is 2.23. The summed E-state index contributed by atoms with van der Waals surface area (Å²) in [6.07, 6.45) is 0. The van der Waals surface area contributed by atoms with E-state index in [9.17, 15) is 4.79 Å². The number of carbonyl (C=O) groups is 1. The van der Waals surface area contributed by atoms with Gasteiger partial charge in [0, 0.05) is 0 Å². The molecule has 1 heterocycles. The van der Waals surface area contributed by atoms with Crippen LogP contribution in [0, 0.1) is 0 Å². The lowest BCUT2D eigenvalue weighted by molar-refractivity contribution is 0.102. The number of nitrogen functional groups attached to an aromatic ring is 2. The molecule has 1 aromatic rings. The van der Waals surface area contributed by atoms with Crippen LogP contribution in [0.5, 0.6) is 0 Å². The molecule has 6 nitrogen and oxygen atoms in total. The van der Waals surface area contributed by atoms with E-state index in [0.29, 0.717) is 5.57 Å².